The molecule has 1 aromatic carbocycles. The maximum Gasteiger partial charge on any atom is 0.307 e. The fraction of sp³-hybridized carbons (Fsp3) is 0.429. The molecule has 1 aliphatic rings. The molecule has 6 nitrogen and oxygen atoms in total. The zero-order valence-electron chi connectivity index (χ0n) is 11.0. The fourth-order valence-corrected chi connectivity index (χ4v) is 2.27. The third-order valence-corrected chi connectivity index (χ3v) is 3.29. The number of aliphatic hydroxyl groups is 1. The summed E-state index contributed by atoms with van der Waals surface area (Å²) >= 11 is 0. The van der Waals surface area contributed by atoms with E-state index in [0.29, 0.717) is 30.9 Å². The number of carboxylic acids is 1. The lowest BCUT2D eigenvalue weighted by atomic mass is 10.0. The standard InChI is InChI=1S/C14H17NO5/c16-8-11-9-20-6-5-15(11)14(19)12-4-2-1-3-10(12)7-13(17)18/h1-4,11,16H,5-9H2,(H,17,18)/t11-/m1/s1. The Morgan fingerprint density at radius 3 is 2.80 bits per heavy atom. The largest absolute Gasteiger partial charge is 0.481 e. The topological polar surface area (TPSA) is 87.1 Å². The van der Waals surface area contributed by atoms with Gasteiger partial charge >= 0.3 is 5.97 Å². The van der Waals surface area contributed by atoms with Gasteiger partial charge in [-0.05, 0) is 11.6 Å². The molecule has 6 heteroatoms. The number of morpholine rings is 1. The van der Waals surface area contributed by atoms with Gasteiger partial charge < -0.3 is 19.8 Å². The van der Waals surface area contributed by atoms with Gasteiger partial charge in [-0.2, -0.15) is 0 Å². The monoisotopic (exact) mass is 279 g/mol. The summed E-state index contributed by atoms with van der Waals surface area (Å²) in [5.74, 6) is -1.24. The number of benzene rings is 1. The van der Waals surface area contributed by atoms with E-state index in [9.17, 15) is 14.7 Å². The molecule has 0 aliphatic carbocycles. The summed E-state index contributed by atoms with van der Waals surface area (Å²) in [7, 11) is 0. The van der Waals surface area contributed by atoms with Gasteiger partial charge in [0.05, 0.1) is 32.3 Å². The molecule has 1 atom stereocenters. The minimum Gasteiger partial charge on any atom is -0.481 e. The molecule has 1 amide bonds. The summed E-state index contributed by atoms with van der Waals surface area (Å²) in [5, 5.41) is 18.2. The molecule has 1 heterocycles. The highest BCUT2D eigenvalue weighted by Crippen LogP contribution is 2.16. The quantitative estimate of drug-likeness (QED) is 0.819. The van der Waals surface area contributed by atoms with Crippen LogP contribution in [0.5, 0.6) is 0 Å². The van der Waals surface area contributed by atoms with Crippen LogP contribution in [0.15, 0.2) is 24.3 Å². The Labute approximate surface area is 116 Å². The van der Waals surface area contributed by atoms with Crippen LogP contribution in [0.2, 0.25) is 0 Å². The molecule has 0 aromatic heterocycles. The Morgan fingerprint density at radius 2 is 2.10 bits per heavy atom. The predicted octanol–water partition coefficient (Wildman–Crippen LogP) is 0.147. The summed E-state index contributed by atoms with van der Waals surface area (Å²) in [4.78, 5) is 24.9. The van der Waals surface area contributed by atoms with Gasteiger partial charge in [-0.3, -0.25) is 9.59 Å². The van der Waals surface area contributed by atoms with Crippen LogP contribution in [0.3, 0.4) is 0 Å². The van der Waals surface area contributed by atoms with Crippen molar-refractivity contribution >= 4 is 11.9 Å². The first-order valence-electron chi connectivity index (χ1n) is 6.42. The number of amides is 1. The Balaban J connectivity index is 2.25. The van der Waals surface area contributed by atoms with Crippen LogP contribution >= 0.6 is 0 Å². The van der Waals surface area contributed by atoms with Crippen molar-refractivity contribution < 1.29 is 24.5 Å². The zero-order chi connectivity index (χ0) is 14.5. The van der Waals surface area contributed by atoms with Crippen molar-refractivity contribution in [3.63, 3.8) is 0 Å². The zero-order valence-corrected chi connectivity index (χ0v) is 11.0. The van der Waals surface area contributed by atoms with Crippen LogP contribution in [0.25, 0.3) is 0 Å². The Kier molecular flexibility index (Phi) is 4.70. The lowest BCUT2D eigenvalue weighted by Gasteiger charge is -2.34. The predicted molar refractivity (Wildman–Crippen MR) is 70.5 cm³/mol. The van der Waals surface area contributed by atoms with Gasteiger partial charge in [0, 0.05) is 12.1 Å². The summed E-state index contributed by atoms with van der Waals surface area (Å²) < 4.78 is 5.24. The van der Waals surface area contributed by atoms with Crippen LogP contribution < -0.4 is 0 Å². The van der Waals surface area contributed by atoms with E-state index in [1.807, 2.05) is 0 Å². The molecule has 0 bridgehead atoms. The van der Waals surface area contributed by atoms with Crippen LogP contribution in [0.4, 0.5) is 0 Å². The highest BCUT2D eigenvalue weighted by molar-refractivity contribution is 5.97. The SMILES string of the molecule is O=C(O)Cc1ccccc1C(=O)N1CCOC[C@H]1CO. The van der Waals surface area contributed by atoms with Gasteiger partial charge in [0.25, 0.3) is 5.91 Å². The van der Waals surface area contributed by atoms with Crippen molar-refractivity contribution in [2.75, 3.05) is 26.4 Å². The first-order chi connectivity index (χ1) is 9.63. The third-order valence-electron chi connectivity index (χ3n) is 3.29. The van der Waals surface area contributed by atoms with Gasteiger partial charge in [-0.15, -0.1) is 0 Å². The molecule has 0 saturated carbocycles. The molecule has 108 valence electrons. The molecule has 1 aliphatic heterocycles. The second-order valence-electron chi connectivity index (χ2n) is 4.64. The van der Waals surface area contributed by atoms with Gasteiger partial charge in [0.15, 0.2) is 0 Å². The minimum atomic E-state index is -0.981. The van der Waals surface area contributed by atoms with Crippen LogP contribution in [0.1, 0.15) is 15.9 Å². The summed E-state index contributed by atoms with van der Waals surface area (Å²) in [5.41, 5.74) is 0.850. The average Bonchev–Trinajstić information content (AvgIpc) is 2.46. The molecule has 20 heavy (non-hydrogen) atoms. The lowest BCUT2D eigenvalue weighted by molar-refractivity contribution is -0.136. The third kappa shape index (κ3) is 3.15. The van der Waals surface area contributed by atoms with E-state index in [2.05, 4.69) is 0 Å². The maximum absolute atomic E-state index is 12.5. The van der Waals surface area contributed by atoms with Crippen LogP contribution in [-0.2, 0) is 16.0 Å². The van der Waals surface area contributed by atoms with E-state index in [-0.39, 0.29) is 25.0 Å². The molecule has 1 fully saturated rings. The van der Waals surface area contributed by atoms with Gasteiger partial charge in [-0.25, -0.2) is 0 Å². The van der Waals surface area contributed by atoms with Crippen molar-refractivity contribution in [1.82, 2.24) is 4.90 Å². The second kappa shape index (κ2) is 6.49. The van der Waals surface area contributed by atoms with Crippen LogP contribution in [0, 0.1) is 0 Å². The van der Waals surface area contributed by atoms with E-state index in [1.54, 1.807) is 29.2 Å². The molecule has 1 saturated heterocycles. The molecule has 0 radical (unpaired) electrons. The number of aliphatic carboxylic acids is 1. The van der Waals surface area contributed by atoms with E-state index in [0.717, 1.165) is 0 Å². The Morgan fingerprint density at radius 1 is 1.35 bits per heavy atom. The highest BCUT2D eigenvalue weighted by Gasteiger charge is 2.28. The van der Waals surface area contributed by atoms with E-state index in [1.165, 1.54) is 0 Å². The Bertz CT molecular complexity index is 502. The number of hydrogen-bond acceptors (Lipinski definition) is 4. The molecular weight excluding hydrogens is 262 g/mol. The Hall–Kier alpha value is -1.92. The molecule has 2 N–H and O–H groups in total. The summed E-state index contributed by atoms with van der Waals surface area (Å²) in [6.45, 7) is 0.935. The molecule has 0 unspecified atom stereocenters. The van der Waals surface area contributed by atoms with E-state index < -0.39 is 5.97 Å². The van der Waals surface area contributed by atoms with Gasteiger partial charge in [0.2, 0.25) is 0 Å². The first kappa shape index (κ1) is 14.5. The number of carbonyl (C=O) groups excluding carboxylic acids is 1. The average molecular weight is 279 g/mol. The maximum atomic E-state index is 12.5. The minimum absolute atomic E-state index is 0.174. The normalized spacial score (nSPS) is 18.9. The van der Waals surface area contributed by atoms with Gasteiger partial charge in [-0.1, -0.05) is 18.2 Å². The molecular formula is C14H17NO5. The van der Waals surface area contributed by atoms with Crippen molar-refractivity contribution in [1.29, 1.82) is 0 Å². The fourth-order valence-electron chi connectivity index (χ4n) is 2.27. The number of carboxylic acid groups (broad SMARTS) is 1. The lowest BCUT2D eigenvalue weighted by Crippen LogP contribution is -2.50. The molecule has 1 aromatic rings. The number of rotatable bonds is 4. The summed E-state index contributed by atoms with van der Waals surface area (Å²) in [6, 6.07) is 6.28. The van der Waals surface area contributed by atoms with Crippen molar-refractivity contribution in [3.05, 3.63) is 35.4 Å². The van der Waals surface area contributed by atoms with E-state index >= 15 is 0 Å². The number of nitrogens with zero attached hydrogens (tertiary/aromatic N) is 1. The number of carbonyl (C=O) groups is 2. The van der Waals surface area contributed by atoms with Crippen molar-refractivity contribution in [2.24, 2.45) is 0 Å². The highest BCUT2D eigenvalue weighted by atomic mass is 16.5. The number of hydrogen-bond donors (Lipinski definition) is 2. The first-order valence-corrected chi connectivity index (χ1v) is 6.42. The van der Waals surface area contributed by atoms with Crippen molar-refractivity contribution in [2.45, 2.75) is 12.5 Å². The van der Waals surface area contributed by atoms with E-state index in [4.69, 9.17) is 9.84 Å². The molecule has 2 rings (SSSR count). The number of ether oxygens (including phenoxy) is 1. The summed E-state index contributed by atoms with van der Waals surface area (Å²) in [6.07, 6.45) is -0.198. The second-order valence-corrected chi connectivity index (χ2v) is 4.64. The van der Waals surface area contributed by atoms with Crippen LogP contribution in [-0.4, -0.2) is 59.4 Å². The smallest absolute Gasteiger partial charge is 0.307 e. The van der Waals surface area contributed by atoms with Crippen molar-refractivity contribution in [3.8, 4) is 0 Å². The number of aliphatic hydroxyl groups excluding tert-OH is 1. The molecule has 0 spiro atoms. The van der Waals surface area contributed by atoms with Gasteiger partial charge in [0.1, 0.15) is 0 Å².